The van der Waals surface area contributed by atoms with E-state index < -0.39 is 5.97 Å². The van der Waals surface area contributed by atoms with Crippen LogP contribution in [0.4, 0.5) is 0 Å². The normalized spacial score (nSPS) is 15.5. The second-order valence-electron chi connectivity index (χ2n) is 9.75. The van der Waals surface area contributed by atoms with Gasteiger partial charge in [0.15, 0.2) is 0 Å². The maximum Gasteiger partial charge on any atom is 0.336 e. The molecule has 1 aliphatic heterocycles. The lowest BCUT2D eigenvalue weighted by Crippen LogP contribution is -2.30. The lowest BCUT2D eigenvalue weighted by Gasteiger charge is -2.20. The van der Waals surface area contributed by atoms with Gasteiger partial charge in [0.05, 0.1) is 28.8 Å². The van der Waals surface area contributed by atoms with Gasteiger partial charge < -0.3 is 10.0 Å². The van der Waals surface area contributed by atoms with Gasteiger partial charge in [0, 0.05) is 24.6 Å². The maximum atomic E-state index is 11.9. The van der Waals surface area contributed by atoms with Crippen LogP contribution in [0.5, 0.6) is 0 Å². The molecule has 0 amide bonds. The Kier molecular flexibility index (Phi) is 5.59. The number of carboxylic acids is 1. The number of nitrogens with zero attached hydrogens (tertiary/aromatic N) is 4. The fourth-order valence-electron chi connectivity index (χ4n) is 5.45. The van der Waals surface area contributed by atoms with Crippen LogP contribution in [0, 0.1) is 6.92 Å². The topological polar surface area (TPSA) is 70.7 Å². The third-order valence-corrected chi connectivity index (χ3v) is 7.31. The van der Waals surface area contributed by atoms with Crippen molar-refractivity contribution in [1.29, 1.82) is 0 Å². The van der Waals surface area contributed by atoms with Crippen molar-refractivity contribution in [3.63, 3.8) is 0 Å². The predicted octanol–water partition coefficient (Wildman–Crippen LogP) is 5.88. The van der Waals surface area contributed by atoms with E-state index in [0.717, 1.165) is 76.6 Å². The van der Waals surface area contributed by atoms with E-state index in [-0.39, 0.29) is 0 Å². The Bertz CT molecular complexity index is 1510. The van der Waals surface area contributed by atoms with Crippen LogP contribution >= 0.6 is 0 Å². The number of aryl methyl sites for hydroxylation is 1. The van der Waals surface area contributed by atoms with Crippen LogP contribution in [0.3, 0.4) is 0 Å². The lowest BCUT2D eigenvalue weighted by molar-refractivity contribution is 0.0697. The minimum atomic E-state index is -0.919. The number of hydrogen-bond donors (Lipinski definition) is 1. The molecule has 6 heteroatoms. The summed E-state index contributed by atoms with van der Waals surface area (Å²) in [5, 5.41) is 9.80. The molecule has 1 N–H and O–H groups in total. The van der Waals surface area contributed by atoms with Crippen molar-refractivity contribution in [1.82, 2.24) is 14.5 Å². The Morgan fingerprint density at radius 2 is 1.86 bits per heavy atom. The average Bonchev–Trinajstić information content (AvgIpc) is 3.50. The van der Waals surface area contributed by atoms with Gasteiger partial charge in [-0.15, -0.1) is 0 Å². The van der Waals surface area contributed by atoms with Crippen molar-refractivity contribution < 1.29 is 9.90 Å². The van der Waals surface area contributed by atoms with Crippen molar-refractivity contribution in [2.24, 2.45) is 4.99 Å². The third kappa shape index (κ3) is 3.77. The fraction of sp³-hybridized carbons (Fsp3) is 0.300. The highest BCUT2D eigenvalue weighted by atomic mass is 16.4. The largest absolute Gasteiger partial charge is 0.478 e. The van der Waals surface area contributed by atoms with Crippen molar-refractivity contribution >= 4 is 22.8 Å². The molecule has 0 atom stereocenters. The molecule has 0 unspecified atom stereocenters. The SMILES string of the molecule is CCCc1nc2ccc(C3=NCCN3C3CC3)cc2n1-c1cccc(-c2ccccc2C(=O)O)c1C. The first kappa shape index (κ1) is 22.5. The Balaban J connectivity index is 1.53. The van der Waals surface area contributed by atoms with E-state index >= 15 is 0 Å². The Morgan fingerprint density at radius 1 is 1.06 bits per heavy atom. The summed E-state index contributed by atoms with van der Waals surface area (Å²) < 4.78 is 2.27. The van der Waals surface area contributed by atoms with Crippen LogP contribution in [-0.2, 0) is 6.42 Å². The number of fused-ring (bicyclic) bond motifs is 1. The van der Waals surface area contributed by atoms with Crippen LogP contribution in [0.25, 0.3) is 27.8 Å². The summed E-state index contributed by atoms with van der Waals surface area (Å²) in [7, 11) is 0. The minimum absolute atomic E-state index is 0.309. The fourth-order valence-corrected chi connectivity index (χ4v) is 5.45. The molecule has 36 heavy (non-hydrogen) atoms. The van der Waals surface area contributed by atoms with Crippen LogP contribution in [-0.4, -0.2) is 50.5 Å². The van der Waals surface area contributed by atoms with E-state index in [1.807, 2.05) is 24.3 Å². The summed E-state index contributed by atoms with van der Waals surface area (Å²) in [5.74, 6) is 1.20. The van der Waals surface area contributed by atoms with Crippen molar-refractivity contribution in [3.05, 3.63) is 83.2 Å². The molecule has 3 aromatic carbocycles. The zero-order chi connectivity index (χ0) is 24.8. The molecule has 1 saturated carbocycles. The van der Waals surface area contributed by atoms with Gasteiger partial charge in [0.1, 0.15) is 11.7 Å². The summed E-state index contributed by atoms with van der Waals surface area (Å²) in [6.45, 7) is 6.10. The number of carboxylic acid groups (broad SMARTS) is 1. The molecular weight excluding hydrogens is 448 g/mol. The molecule has 2 aliphatic rings. The number of rotatable bonds is 7. The quantitative estimate of drug-likeness (QED) is 0.360. The first-order valence-electron chi connectivity index (χ1n) is 12.8. The maximum absolute atomic E-state index is 11.9. The van der Waals surface area contributed by atoms with Gasteiger partial charge in [-0.25, -0.2) is 9.78 Å². The molecule has 1 aliphatic carbocycles. The van der Waals surface area contributed by atoms with Gasteiger partial charge in [-0.1, -0.05) is 37.3 Å². The standard InChI is InChI=1S/C30H30N4O2/c1-3-7-28-32-25-15-12-20(29-31-16-17-33(29)21-13-14-21)18-27(25)34(28)26-11-6-10-22(19(26)2)23-8-4-5-9-24(23)30(35)36/h4-6,8-12,15,18,21H,3,7,13-14,16-17H2,1-2H3,(H,35,36). The molecular formula is C30H30N4O2. The van der Waals surface area contributed by atoms with Crippen LogP contribution in [0.15, 0.2) is 65.7 Å². The van der Waals surface area contributed by atoms with Crippen molar-refractivity contribution in [3.8, 4) is 16.8 Å². The second-order valence-corrected chi connectivity index (χ2v) is 9.75. The Morgan fingerprint density at radius 3 is 2.64 bits per heavy atom. The lowest BCUT2D eigenvalue weighted by atomic mass is 9.95. The molecule has 182 valence electrons. The number of benzene rings is 3. The van der Waals surface area contributed by atoms with Gasteiger partial charge in [-0.05, 0) is 73.2 Å². The van der Waals surface area contributed by atoms with Gasteiger partial charge in [0.25, 0.3) is 0 Å². The van der Waals surface area contributed by atoms with Crippen molar-refractivity contribution in [2.75, 3.05) is 13.1 Å². The van der Waals surface area contributed by atoms with Gasteiger partial charge in [0.2, 0.25) is 0 Å². The van der Waals surface area contributed by atoms with Crippen LogP contribution in [0.2, 0.25) is 0 Å². The van der Waals surface area contributed by atoms with E-state index in [1.165, 1.54) is 12.8 Å². The number of hydrogen-bond acceptors (Lipinski definition) is 4. The first-order valence-corrected chi connectivity index (χ1v) is 12.8. The molecule has 1 fully saturated rings. The van der Waals surface area contributed by atoms with Gasteiger partial charge >= 0.3 is 5.97 Å². The predicted molar refractivity (Wildman–Crippen MR) is 143 cm³/mol. The Labute approximate surface area is 210 Å². The number of aromatic carboxylic acids is 1. The summed E-state index contributed by atoms with van der Waals surface area (Å²) in [4.78, 5) is 24.3. The number of amidine groups is 1. The van der Waals surface area contributed by atoms with Crippen LogP contribution < -0.4 is 0 Å². The van der Waals surface area contributed by atoms with Gasteiger partial charge in [-0.2, -0.15) is 0 Å². The first-order chi connectivity index (χ1) is 17.6. The summed E-state index contributed by atoms with van der Waals surface area (Å²) in [6.07, 6.45) is 4.35. The van der Waals surface area contributed by atoms with E-state index in [2.05, 4.69) is 47.6 Å². The van der Waals surface area contributed by atoms with Crippen LogP contribution in [0.1, 0.15) is 53.5 Å². The second kappa shape index (κ2) is 8.94. The minimum Gasteiger partial charge on any atom is -0.478 e. The molecule has 1 aromatic heterocycles. The van der Waals surface area contributed by atoms with E-state index in [0.29, 0.717) is 11.6 Å². The third-order valence-electron chi connectivity index (χ3n) is 7.31. The zero-order valence-corrected chi connectivity index (χ0v) is 20.7. The summed E-state index contributed by atoms with van der Waals surface area (Å²) in [6, 6.07) is 20.5. The average molecular weight is 479 g/mol. The number of aliphatic imine (C=N–C) groups is 1. The number of aromatic nitrogens is 2. The molecule has 6 rings (SSSR count). The number of imidazole rings is 1. The molecule has 0 saturated heterocycles. The molecule has 6 nitrogen and oxygen atoms in total. The number of carbonyl (C=O) groups is 1. The van der Waals surface area contributed by atoms with E-state index in [9.17, 15) is 9.90 Å². The highest BCUT2D eigenvalue weighted by molar-refractivity contribution is 6.03. The highest BCUT2D eigenvalue weighted by Gasteiger charge is 2.34. The molecule has 2 heterocycles. The monoisotopic (exact) mass is 478 g/mol. The van der Waals surface area contributed by atoms with E-state index in [1.54, 1.807) is 12.1 Å². The molecule has 0 radical (unpaired) electrons. The smallest absolute Gasteiger partial charge is 0.336 e. The molecule has 4 aromatic rings. The Hall–Kier alpha value is -3.93. The molecule has 0 spiro atoms. The summed E-state index contributed by atoms with van der Waals surface area (Å²) >= 11 is 0. The molecule has 0 bridgehead atoms. The van der Waals surface area contributed by atoms with Crippen molar-refractivity contribution in [2.45, 2.75) is 45.6 Å². The zero-order valence-electron chi connectivity index (χ0n) is 20.7. The van der Waals surface area contributed by atoms with Gasteiger partial charge in [-0.3, -0.25) is 9.56 Å². The highest BCUT2D eigenvalue weighted by Crippen LogP contribution is 2.34. The van der Waals surface area contributed by atoms with E-state index in [4.69, 9.17) is 9.98 Å². The summed E-state index contributed by atoms with van der Waals surface area (Å²) in [5.41, 5.74) is 7.19.